The predicted octanol–water partition coefficient (Wildman–Crippen LogP) is 0.609. The molecule has 0 aliphatic carbocycles. The van der Waals surface area contributed by atoms with Gasteiger partial charge in [0.25, 0.3) is 0 Å². The van der Waals surface area contributed by atoms with Crippen molar-refractivity contribution in [1.29, 1.82) is 0 Å². The molecule has 1 saturated heterocycles. The molecule has 0 bridgehead atoms. The zero-order valence-corrected chi connectivity index (χ0v) is 10.1. The van der Waals surface area contributed by atoms with Gasteiger partial charge in [0.15, 0.2) is 5.11 Å². The summed E-state index contributed by atoms with van der Waals surface area (Å²) in [6.45, 7) is 4.67. The molecule has 86 valence electrons. The topological polar surface area (TPSA) is 58.4 Å². The smallest absolute Gasteiger partial charge is 0.245 e. The molecule has 1 aliphatic heterocycles. The lowest BCUT2D eigenvalue weighted by Gasteiger charge is -2.25. The average molecular weight is 229 g/mol. The number of hydrogen-bond acceptors (Lipinski definition) is 3. The Kier molecular flexibility index (Phi) is 4.47. The summed E-state index contributed by atoms with van der Waals surface area (Å²) in [4.78, 5) is 13.4. The number of likely N-dealkylation sites (tertiary alicyclic amines) is 1. The Balaban J connectivity index is 2.65. The van der Waals surface area contributed by atoms with Crippen LogP contribution >= 0.6 is 12.2 Å². The SMILES string of the molecule is CC(C)NC(=S)N1CCCC[C@@H](N)C1=O. The van der Waals surface area contributed by atoms with E-state index in [4.69, 9.17) is 18.0 Å². The third-order valence-electron chi connectivity index (χ3n) is 2.39. The fraction of sp³-hybridized carbons (Fsp3) is 0.800. The summed E-state index contributed by atoms with van der Waals surface area (Å²) in [5.41, 5.74) is 5.76. The lowest BCUT2D eigenvalue weighted by molar-refractivity contribution is -0.128. The summed E-state index contributed by atoms with van der Waals surface area (Å²) in [6, 6.07) is -0.149. The van der Waals surface area contributed by atoms with Crippen molar-refractivity contribution in [3.8, 4) is 0 Å². The first kappa shape index (κ1) is 12.4. The first-order valence-corrected chi connectivity index (χ1v) is 5.80. The molecule has 0 aromatic rings. The molecule has 0 aromatic carbocycles. The maximum atomic E-state index is 11.8. The number of carbonyl (C=O) groups is 1. The molecule has 4 nitrogen and oxygen atoms in total. The molecule has 1 aliphatic rings. The van der Waals surface area contributed by atoms with Gasteiger partial charge < -0.3 is 11.1 Å². The van der Waals surface area contributed by atoms with Gasteiger partial charge in [-0.2, -0.15) is 0 Å². The first-order valence-electron chi connectivity index (χ1n) is 5.40. The lowest BCUT2D eigenvalue weighted by atomic mass is 10.1. The van der Waals surface area contributed by atoms with Gasteiger partial charge >= 0.3 is 0 Å². The quantitative estimate of drug-likeness (QED) is 0.647. The Hall–Kier alpha value is -0.680. The highest BCUT2D eigenvalue weighted by molar-refractivity contribution is 7.80. The van der Waals surface area contributed by atoms with Gasteiger partial charge in [0.05, 0.1) is 6.04 Å². The van der Waals surface area contributed by atoms with Crippen molar-refractivity contribution >= 4 is 23.2 Å². The molecule has 1 heterocycles. The molecule has 1 amide bonds. The zero-order valence-electron chi connectivity index (χ0n) is 9.32. The van der Waals surface area contributed by atoms with E-state index in [0.717, 1.165) is 19.3 Å². The molecular weight excluding hydrogens is 210 g/mol. The van der Waals surface area contributed by atoms with Gasteiger partial charge in [0, 0.05) is 12.6 Å². The van der Waals surface area contributed by atoms with Crippen molar-refractivity contribution in [2.75, 3.05) is 6.54 Å². The van der Waals surface area contributed by atoms with Crippen LogP contribution in [0.1, 0.15) is 33.1 Å². The Morgan fingerprint density at radius 3 is 2.87 bits per heavy atom. The van der Waals surface area contributed by atoms with E-state index in [2.05, 4.69) is 5.32 Å². The molecule has 1 fully saturated rings. The van der Waals surface area contributed by atoms with Crippen molar-refractivity contribution in [3.05, 3.63) is 0 Å². The largest absolute Gasteiger partial charge is 0.360 e. The van der Waals surface area contributed by atoms with Crippen LogP contribution in [-0.4, -0.2) is 34.5 Å². The molecule has 1 atom stereocenters. The Morgan fingerprint density at radius 1 is 1.60 bits per heavy atom. The molecule has 15 heavy (non-hydrogen) atoms. The van der Waals surface area contributed by atoms with Crippen LogP contribution in [0.3, 0.4) is 0 Å². The number of hydrogen-bond donors (Lipinski definition) is 2. The highest BCUT2D eigenvalue weighted by Gasteiger charge is 2.26. The minimum Gasteiger partial charge on any atom is -0.360 e. The minimum atomic E-state index is -0.389. The van der Waals surface area contributed by atoms with Crippen LogP contribution in [0, 0.1) is 0 Å². The summed E-state index contributed by atoms with van der Waals surface area (Å²) < 4.78 is 0. The van der Waals surface area contributed by atoms with E-state index in [1.165, 1.54) is 0 Å². The highest BCUT2D eigenvalue weighted by Crippen LogP contribution is 2.10. The normalized spacial score (nSPS) is 22.8. The second kappa shape index (κ2) is 5.42. The van der Waals surface area contributed by atoms with E-state index in [1.54, 1.807) is 4.90 Å². The number of carbonyl (C=O) groups excluding carboxylic acids is 1. The van der Waals surface area contributed by atoms with Crippen molar-refractivity contribution < 1.29 is 4.79 Å². The number of thiocarbonyl (C=S) groups is 1. The van der Waals surface area contributed by atoms with Crippen LogP contribution in [-0.2, 0) is 4.79 Å². The number of rotatable bonds is 1. The summed E-state index contributed by atoms with van der Waals surface area (Å²) in [5.74, 6) is -0.0503. The Labute approximate surface area is 96.2 Å². The first-order chi connectivity index (χ1) is 7.02. The van der Waals surface area contributed by atoms with Crippen molar-refractivity contribution in [3.63, 3.8) is 0 Å². The summed E-state index contributed by atoms with van der Waals surface area (Å²) >= 11 is 5.18. The summed E-state index contributed by atoms with van der Waals surface area (Å²) in [6.07, 6.45) is 2.73. The average Bonchev–Trinajstić information content (AvgIpc) is 2.29. The lowest BCUT2D eigenvalue weighted by Crippen LogP contribution is -2.50. The molecule has 3 N–H and O–H groups in total. The molecule has 1 rings (SSSR count). The van der Waals surface area contributed by atoms with Crippen LogP contribution in [0.5, 0.6) is 0 Å². The molecule has 0 aromatic heterocycles. The van der Waals surface area contributed by atoms with E-state index < -0.39 is 0 Å². The van der Waals surface area contributed by atoms with Gasteiger partial charge in [0.2, 0.25) is 5.91 Å². The van der Waals surface area contributed by atoms with Gasteiger partial charge in [-0.05, 0) is 45.3 Å². The second-order valence-corrected chi connectivity index (χ2v) is 4.58. The summed E-state index contributed by atoms with van der Waals surface area (Å²) in [5, 5.41) is 3.58. The Morgan fingerprint density at radius 2 is 2.27 bits per heavy atom. The Bertz CT molecular complexity index is 255. The third-order valence-corrected chi connectivity index (χ3v) is 2.73. The van der Waals surface area contributed by atoms with Crippen molar-refractivity contribution in [2.24, 2.45) is 5.73 Å². The van der Waals surface area contributed by atoms with Gasteiger partial charge in [-0.1, -0.05) is 0 Å². The molecule has 0 unspecified atom stereocenters. The van der Waals surface area contributed by atoms with Crippen LogP contribution in [0.2, 0.25) is 0 Å². The van der Waals surface area contributed by atoms with E-state index in [0.29, 0.717) is 11.7 Å². The minimum absolute atomic E-state index is 0.0503. The van der Waals surface area contributed by atoms with Crippen LogP contribution in [0.25, 0.3) is 0 Å². The van der Waals surface area contributed by atoms with E-state index in [1.807, 2.05) is 13.8 Å². The van der Waals surface area contributed by atoms with Gasteiger partial charge in [-0.25, -0.2) is 0 Å². The van der Waals surface area contributed by atoms with Gasteiger partial charge in [0.1, 0.15) is 0 Å². The number of nitrogens with two attached hydrogens (primary N) is 1. The highest BCUT2D eigenvalue weighted by atomic mass is 32.1. The standard InChI is InChI=1S/C10H19N3OS/c1-7(2)12-10(15)13-6-4-3-5-8(11)9(13)14/h7-8H,3-6,11H2,1-2H3,(H,12,15)/t8-/m1/s1. The second-order valence-electron chi connectivity index (χ2n) is 4.20. The molecular formula is C10H19N3OS. The van der Waals surface area contributed by atoms with Gasteiger partial charge in [-0.3, -0.25) is 9.69 Å². The van der Waals surface area contributed by atoms with Crippen LogP contribution in [0.4, 0.5) is 0 Å². The van der Waals surface area contributed by atoms with Crippen molar-refractivity contribution in [1.82, 2.24) is 10.2 Å². The van der Waals surface area contributed by atoms with Crippen LogP contribution < -0.4 is 11.1 Å². The maximum absolute atomic E-state index is 11.8. The summed E-state index contributed by atoms with van der Waals surface area (Å²) in [7, 11) is 0. The van der Waals surface area contributed by atoms with E-state index >= 15 is 0 Å². The maximum Gasteiger partial charge on any atom is 0.245 e. The zero-order chi connectivity index (χ0) is 11.4. The molecule has 0 saturated carbocycles. The predicted molar refractivity (Wildman–Crippen MR) is 64.4 cm³/mol. The molecule has 0 radical (unpaired) electrons. The third kappa shape index (κ3) is 3.43. The van der Waals surface area contributed by atoms with E-state index in [-0.39, 0.29) is 18.0 Å². The fourth-order valence-corrected chi connectivity index (χ4v) is 2.01. The van der Waals surface area contributed by atoms with Crippen molar-refractivity contribution in [2.45, 2.75) is 45.2 Å². The van der Waals surface area contributed by atoms with Crippen LogP contribution in [0.15, 0.2) is 0 Å². The monoisotopic (exact) mass is 229 g/mol. The number of nitrogens with zero attached hydrogens (tertiary/aromatic N) is 1. The fourth-order valence-electron chi connectivity index (χ4n) is 1.59. The van der Waals surface area contributed by atoms with E-state index in [9.17, 15) is 4.79 Å². The molecule has 5 heteroatoms. The van der Waals surface area contributed by atoms with Gasteiger partial charge in [-0.15, -0.1) is 0 Å². The number of nitrogens with one attached hydrogen (secondary N) is 1. The molecule has 0 spiro atoms. The number of amides is 1.